The van der Waals surface area contributed by atoms with Gasteiger partial charge < -0.3 is 18.8 Å². The summed E-state index contributed by atoms with van der Waals surface area (Å²) in [7, 11) is 1.63. The van der Waals surface area contributed by atoms with E-state index in [0.29, 0.717) is 43.8 Å². The van der Waals surface area contributed by atoms with E-state index in [0.717, 1.165) is 11.3 Å². The smallest absolute Gasteiger partial charge is 0.277 e. The molecule has 25 heavy (non-hydrogen) atoms. The molecule has 2 aromatic rings. The zero-order valence-corrected chi connectivity index (χ0v) is 15.1. The number of carbonyl (C=O) groups is 1. The Hall–Kier alpha value is -2.06. The second-order valence-corrected chi connectivity index (χ2v) is 6.98. The Morgan fingerprint density at radius 2 is 2.00 bits per heavy atom. The summed E-state index contributed by atoms with van der Waals surface area (Å²) in [6.07, 6.45) is 0.545. The molecule has 0 aliphatic carbocycles. The molecule has 3 rings (SSSR count). The van der Waals surface area contributed by atoms with Crippen molar-refractivity contribution in [3.63, 3.8) is 0 Å². The summed E-state index contributed by atoms with van der Waals surface area (Å²) in [5.41, 5.74) is 1.05. The minimum Gasteiger partial charge on any atom is -0.497 e. The monoisotopic (exact) mass is 363 g/mol. The fourth-order valence-electron chi connectivity index (χ4n) is 2.52. The molecule has 0 unspecified atom stereocenters. The first kappa shape index (κ1) is 17.8. The SMILES string of the molecule is COc1ccc(Cc2nnc(S[C@@H](C)C(=O)N3CCOCC3)o2)cc1. The Labute approximate surface area is 150 Å². The van der Waals surface area contributed by atoms with Crippen LogP contribution in [0.1, 0.15) is 18.4 Å². The zero-order valence-electron chi connectivity index (χ0n) is 14.3. The molecule has 0 radical (unpaired) electrons. The van der Waals surface area contributed by atoms with Gasteiger partial charge >= 0.3 is 0 Å². The fourth-order valence-corrected chi connectivity index (χ4v) is 3.30. The van der Waals surface area contributed by atoms with Gasteiger partial charge in [-0.1, -0.05) is 23.9 Å². The number of ether oxygens (including phenoxy) is 2. The summed E-state index contributed by atoms with van der Waals surface area (Å²) < 4.78 is 16.1. The number of thioether (sulfide) groups is 1. The van der Waals surface area contributed by atoms with Crippen LogP contribution < -0.4 is 4.74 Å². The molecule has 7 nitrogen and oxygen atoms in total. The highest BCUT2D eigenvalue weighted by molar-refractivity contribution is 8.00. The number of nitrogens with zero attached hydrogens (tertiary/aromatic N) is 3. The number of carbonyl (C=O) groups excluding carboxylic acids is 1. The number of hydrogen-bond donors (Lipinski definition) is 0. The molecule has 1 fully saturated rings. The quantitative estimate of drug-likeness (QED) is 0.727. The van der Waals surface area contributed by atoms with Gasteiger partial charge in [-0.15, -0.1) is 10.2 Å². The number of hydrogen-bond acceptors (Lipinski definition) is 7. The van der Waals surface area contributed by atoms with E-state index in [-0.39, 0.29) is 11.2 Å². The number of morpholine rings is 1. The number of amides is 1. The molecule has 1 amide bonds. The van der Waals surface area contributed by atoms with Gasteiger partial charge in [0, 0.05) is 13.1 Å². The highest BCUT2D eigenvalue weighted by Gasteiger charge is 2.25. The fraction of sp³-hybridized carbons (Fsp3) is 0.471. The van der Waals surface area contributed by atoms with Crippen LogP contribution in [0.4, 0.5) is 0 Å². The number of rotatable bonds is 6. The van der Waals surface area contributed by atoms with Crippen molar-refractivity contribution in [1.29, 1.82) is 0 Å². The Morgan fingerprint density at radius 1 is 1.28 bits per heavy atom. The van der Waals surface area contributed by atoms with Crippen LogP contribution in [0.15, 0.2) is 33.9 Å². The van der Waals surface area contributed by atoms with Crippen LogP contribution in [0, 0.1) is 0 Å². The van der Waals surface area contributed by atoms with Crippen LogP contribution in [0.3, 0.4) is 0 Å². The molecule has 134 valence electrons. The minimum absolute atomic E-state index is 0.0724. The van der Waals surface area contributed by atoms with E-state index < -0.39 is 0 Å². The number of aromatic nitrogens is 2. The Kier molecular flexibility index (Phi) is 5.93. The average Bonchev–Trinajstić information content (AvgIpc) is 3.09. The van der Waals surface area contributed by atoms with Gasteiger partial charge in [0.15, 0.2) is 0 Å². The number of methoxy groups -OCH3 is 1. The van der Waals surface area contributed by atoms with Gasteiger partial charge in [-0.25, -0.2) is 0 Å². The standard InChI is InChI=1S/C17H21N3O4S/c1-12(16(21)20-7-9-23-10-8-20)25-17-19-18-15(24-17)11-13-3-5-14(22-2)6-4-13/h3-6,12H,7-11H2,1-2H3/t12-/m0/s1. The van der Waals surface area contributed by atoms with E-state index in [1.54, 1.807) is 7.11 Å². The molecule has 0 N–H and O–H groups in total. The lowest BCUT2D eigenvalue weighted by Gasteiger charge is -2.28. The maximum Gasteiger partial charge on any atom is 0.277 e. The second kappa shape index (κ2) is 8.35. The highest BCUT2D eigenvalue weighted by atomic mass is 32.2. The molecule has 0 saturated carbocycles. The molecule has 0 spiro atoms. The predicted molar refractivity (Wildman–Crippen MR) is 92.8 cm³/mol. The largest absolute Gasteiger partial charge is 0.497 e. The minimum atomic E-state index is -0.271. The van der Waals surface area contributed by atoms with Crippen molar-refractivity contribution in [2.75, 3.05) is 33.4 Å². The summed E-state index contributed by atoms with van der Waals surface area (Å²) in [5, 5.41) is 8.25. The van der Waals surface area contributed by atoms with Gasteiger partial charge in [-0.05, 0) is 24.6 Å². The summed E-state index contributed by atoms with van der Waals surface area (Å²) in [4.78, 5) is 14.2. The van der Waals surface area contributed by atoms with Crippen molar-refractivity contribution in [2.24, 2.45) is 0 Å². The van der Waals surface area contributed by atoms with Gasteiger partial charge in [0.05, 0.1) is 32.0 Å². The Morgan fingerprint density at radius 3 is 2.68 bits per heavy atom. The highest BCUT2D eigenvalue weighted by Crippen LogP contribution is 2.24. The molecule has 1 aromatic heterocycles. The van der Waals surface area contributed by atoms with E-state index in [9.17, 15) is 4.79 Å². The van der Waals surface area contributed by atoms with Gasteiger partial charge in [-0.3, -0.25) is 4.79 Å². The van der Waals surface area contributed by atoms with E-state index in [4.69, 9.17) is 13.9 Å². The third-order valence-electron chi connectivity index (χ3n) is 3.91. The van der Waals surface area contributed by atoms with Crippen LogP contribution in [0.25, 0.3) is 0 Å². The van der Waals surface area contributed by atoms with Gasteiger partial charge in [0.1, 0.15) is 5.75 Å². The molecular formula is C17H21N3O4S. The van der Waals surface area contributed by atoms with Crippen molar-refractivity contribution in [1.82, 2.24) is 15.1 Å². The Bertz CT molecular complexity index is 698. The van der Waals surface area contributed by atoms with Gasteiger partial charge in [-0.2, -0.15) is 0 Å². The van der Waals surface area contributed by atoms with Crippen LogP contribution >= 0.6 is 11.8 Å². The maximum absolute atomic E-state index is 12.4. The van der Waals surface area contributed by atoms with Gasteiger partial charge in [0.2, 0.25) is 11.8 Å². The van der Waals surface area contributed by atoms with E-state index in [2.05, 4.69) is 10.2 Å². The van der Waals surface area contributed by atoms with Crippen molar-refractivity contribution < 1.29 is 18.7 Å². The lowest BCUT2D eigenvalue weighted by atomic mass is 10.1. The molecule has 1 aliphatic heterocycles. The summed E-state index contributed by atoms with van der Waals surface area (Å²) >= 11 is 1.29. The molecule has 1 saturated heterocycles. The van der Waals surface area contributed by atoms with Crippen molar-refractivity contribution in [3.8, 4) is 5.75 Å². The number of benzene rings is 1. The molecule has 0 bridgehead atoms. The molecule has 8 heteroatoms. The van der Waals surface area contributed by atoms with Crippen molar-refractivity contribution in [3.05, 3.63) is 35.7 Å². The normalized spacial score (nSPS) is 15.8. The van der Waals surface area contributed by atoms with Crippen molar-refractivity contribution in [2.45, 2.75) is 23.8 Å². The van der Waals surface area contributed by atoms with Crippen LogP contribution in [-0.2, 0) is 16.0 Å². The van der Waals surface area contributed by atoms with Crippen LogP contribution in [0.2, 0.25) is 0 Å². The maximum atomic E-state index is 12.4. The molecule has 1 atom stereocenters. The van der Waals surface area contributed by atoms with Crippen molar-refractivity contribution >= 4 is 17.7 Å². The first-order valence-electron chi connectivity index (χ1n) is 8.14. The first-order valence-corrected chi connectivity index (χ1v) is 9.02. The lowest BCUT2D eigenvalue weighted by molar-refractivity contribution is -0.134. The van der Waals surface area contributed by atoms with E-state index >= 15 is 0 Å². The molecule has 1 aliphatic rings. The predicted octanol–water partition coefficient (Wildman–Crippen LogP) is 2.01. The topological polar surface area (TPSA) is 77.7 Å². The third kappa shape index (κ3) is 4.73. The third-order valence-corrected chi connectivity index (χ3v) is 4.83. The van der Waals surface area contributed by atoms with Crippen LogP contribution in [0.5, 0.6) is 5.75 Å². The van der Waals surface area contributed by atoms with Crippen LogP contribution in [-0.4, -0.2) is 59.7 Å². The molecule has 2 heterocycles. The molecule has 1 aromatic carbocycles. The zero-order chi connectivity index (χ0) is 17.6. The summed E-state index contributed by atoms with van der Waals surface area (Å²) in [5.74, 6) is 1.41. The van der Waals surface area contributed by atoms with Gasteiger partial charge in [0.25, 0.3) is 5.22 Å². The second-order valence-electron chi connectivity index (χ2n) is 5.68. The van der Waals surface area contributed by atoms with E-state index in [1.165, 1.54) is 11.8 Å². The average molecular weight is 363 g/mol. The Balaban J connectivity index is 1.56. The first-order chi connectivity index (χ1) is 12.2. The lowest BCUT2D eigenvalue weighted by Crippen LogP contribution is -2.44. The molecular weight excluding hydrogens is 342 g/mol. The summed E-state index contributed by atoms with van der Waals surface area (Å²) in [6.45, 7) is 4.31. The summed E-state index contributed by atoms with van der Waals surface area (Å²) in [6, 6.07) is 7.70. The van der Waals surface area contributed by atoms with E-state index in [1.807, 2.05) is 36.1 Å².